The predicted octanol–water partition coefficient (Wildman–Crippen LogP) is 4.09. The molecular weight excluding hydrogens is 460 g/mol. The van der Waals surface area contributed by atoms with Crippen LogP contribution in [0.25, 0.3) is 22.2 Å². The Hall–Kier alpha value is -3.21. The molecule has 3 heterocycles. The van der Waals surface area contributed by atoms with Crippen molar-refractivity contribution >= 4 is 43.3 Å². The van der Waals surface area contributed by atoms with Crippen LogP contribution in [0.5, 0.6) is 5.75 Å². The Morgan fingerprint density at radius 2 is 2.00 bits per heavy atom. The first-order valence-corrected chi connectivity index (χ1v) is 12.8. The Morgan fingerprint density at radius 3 is 2.79 bits per heavy atom. The van der Waals surface area contributed by atoms with Gasteiger partial charge in [0.1, 0.15) is 11.8 Å². The minimum Gasteiger partial charge on any atom is -0.497 e. The van der Waals surface area contributed by atoms with Gasteiger partial charge in [-0.15, -0.1) is 11.3 Å². The van der Waals surface area contributed by atoms with Crippen molar-refractivity contribution in [1.82, 2.24) is 14.3 Å². The number of nitrogens with zero attached hydrogens (tertiary/aromatic N) is 2. The van der Waals surface area contributed by atoms with Crippen molar-refractivity contribution in [3.05, 3.63) is 60.1 Å². The summed E-state index contributed by atoms with van der Waals surface area (Å²) in [6.07, 6.45) is 2.97. The predicted molar refractivity (Wildman–Crippen MR) is 128 cm³/mol. The summed E-state index contributed by atoms with van der Waals surface area (Å²) >= 11 is 1.31. The van der Waals surface area contributed by atoms with Crippen LogP contribution in [0.4, 0.5) is 5.13 Å². The van der Waals surface area contributed by atoms with Gasteiger partial charge in [0.25, 0.3) is 0 Å². The number of carbonyl (C=O) groups excluding carboxylic acids is 1. The number of carbonyl (C=O) groups is 1. The smallest absolute Gasteiger partial charge is 0.244 e. The quantitative estimate of drug-likeness (QED) is 0.431. The third-order valence-corrected chi connectivity index (χ3v) is 8.45. The molecule has 0 bridgehead atoms. The summed E-state index contributed by atoms with van der Waals surface area (Å²) in [5.41, 5.74) is 2.71. The van der Waals surface area contributed by atoms with Crippen LogP contribution >= 0.6 is 11.3 Å². The Morgan fingerprint density at radius 1 is 1.21 bits per heavy atom. The van der Waals surface area contributed by atoms with Gasteiger partial charge in [-0.3, -0.25) is 4.79 Å². The van der Waals surface area contributed by atoms with Crippen molar-refractivity contribution in [3.8, 4) is 17.0 Å². The number of hydrogen-bond acceptors (Lipinski definition) is 6. The van der Waals surface area contributed by atoms with Gasteiger partial charge >= 0.3 is 0 Å². The second-order valence-corrected chi connectivity index (χ2v) is 10.5. The summed E-state index contributed by atoms with van der Waals surface area (Å²) < 4.78 is 32.7. The fraction of sp³-hybridized carbons (Fsp3) is 0.217. The van der Waals surface area contributed by atoms with E-state index in [4.69, 9.17) is 4.74 Å². The molecule has 4 aromatic rings. The number of H-pyrrole nitrogens is 1. The van der Waals surface area contributed by atoms with E-state index in [0.29, 0.717) is 30.3 Å². The molecule has 0 unspecified atom stereocenters. The van der Waals surface area contributed by atoms with Crippen molar-refractivity contribution in [2.24, 2.45) is 0 Å². The molecule has 1 atom stereocenters. The van der Waals surface area contributed by atoms with Crippen molar-refractivity contribution in [2.75, 3.05) is 19.0 Å². The number of rotatable bonds is 6. The largest absolute Gasteiger partial charge is 0.497 e. The van der Waals surface area contributed by atoms with Gasteiger partial charge in [-0.05, 0) is 43.2 Å². The van der Waals surface area contributed by atoms with Gasteiger partial charge < -0.3 is 15.0 Å². The summed E-state index contributed by atoms with van der Waals surface area (Å²) in [4.78, 5) is 21.0. The van der Waals surface area contributed by atoms with E-state index >= 15 is 0 Å². The van der Waals surface area contributed by atoms with Gasteiger partial charge in [-0.2, -0.15) is 4.31 Å². The number of para-hydroxylation sites is 1. The van der Waals surface area contributed by atoms with Crippen LogP contribution in [-0.4, -0.2) is 48.3 Å². The summed E-state index contributed by atoms with van der Waals surface area (Å²) in [6, 6.07) is 13.3. The molecule has 170 valence electrons. The lowest BCUT2D eigenvalue weighted by molar-refractivity contribution is -0.119. The number of amides is 1. The lowest BCUT2D eigenvalue weighted by Gasteiger charge is -2.23. The maximum Gasteiger partial charge on any atom is 0.244 e. The van der Waals surface area contributed by atoms with E-state index in [0.717, 1.165) is 22.2 Å². The Kier molecular flexibility index (Phi) is 5.65. The molecule has 1 aliphatic rings. The minimum absolute atomic E-state index is 0.138. The van der Waals surface area contributed by atoms with Crippen LogP contribution in [0, 0.1) is 0 Å². The molecule has 0 radical (unpaired) electrons. The average molecular weight is 483 g/mol. The number of sulfonamides is 1. The van der Waals surface area contributed by atoms with Gasteiger partial charge in [-0.25, -0.2) is 13.4 Å². The van der Waals surface area contributed by atoms with E-state index in [9.17, 15) is 13.2 Å². The molecule has 0 saturated carbocycles. The molecule has 2 aromatic heterocycles. The van der Waals surface area contributed by atoms with E-state index < -0.39 is 16.1 Å². The minimum atomic E-state index is -3.81. The Bertz CT molecular complexity index is 1410. The molecule has 10 heteroatoms. The number of aromatic amines is 1. The molecule has 1 aliphatic heterocycles. The second-order valence-electron chi connectivity index (χ2n) is 7.72. The molecule has 5 rings (SSSR count). The number of thiazole rings is 1. The maximum absolute atomic E-state index is 13.2. The molecule has 1 fully saturated rings. The number of hydrogen-bond donors (Lipinski definition) is 2. The molecule has 33 heavy (non-hydrogen) atoms. The SMILES string of the molecule is COc1ccc(S(=O)(=O)N2CCC[C@H]2C(=O)Nc2nc(-c3c[nH]c4ccccc34)cs2)cc1. The van der Waals surface area contributed by atoms with Crippen molar-refractivity contribution in [1.29, 1.82) is 0 Å². The first-order chi connectivity index (χ1) is 16.0. The van der Waals surface area contributed by atoms with Gasteiger partial charge in [0, 0.05) is 34.6 Å². The average Bonchev–Trinajstić information content (AvgIpc) is 3.58. The van der Waals surface area contributed by atoms with E-state index in [2.05, 4.69) is 15.3 Å². The topological polar surface area (TPSA) is 104 Å². The van der Waals surface area contributed by atoms with Crippen LogP contribution in [0.1, 0.15) is 12.8 Å². The van der Waals surface area contributed by atoms with Gasteiger partial charge in [0.2, 0.25) is 15.9 Å². The number of fused-ring (bicyclic) bond motifs is 1. The lowest BCUT2D eigenvalue weighted by Crippen LogP contribution is -2.43. The number of nitrogens with one attached hydrogen (secondary N) is 2. The monoisotopic (exact) mass is 482 g/mol. The highest BCUT2D eigenvalue weighted by Crippen LogP contribution is 2.32. The fourth-order valence-corrected chi connectivity index (χ4v) is 6.47. The van der Waals surface area contributed by atoms with Gasteiger partial charge in [-0.1, -0.05) is 18.2 Å². The number of benzene rings is 2. The molecule has 1 saturated heterocycles. The van der Waals surface area contributed by atoms with E-state index in [1.807, 2.05) is 35.8 Å². The van der Waals surface area contributed by atoms with E-state index in [1.165, 1.54) is 34.9 Å². The zero-order valence-corrected chi connectivity index (χ0v) is 19.4. The zero-order valence-electron chi connectivity index (χ0n) is 17.8. The highest BCUT2D eigenvalue weighted by molar-refractivity contribution is 7.89. The summed E-state index contributed by atoms with van der Waals surface area (Å²) in [6.45, 7) is 0.297. The maximum atomic E-state index is 13.2. The van der Waals surface area contributed by atoms with Crippen molar-refractivity contribution in [3.63, 3.8) is 0 Å². The zero-order chi connectivity index (χ0) is 23.0. The molecule has 0 spiro atoms. The van der Waals surface area contributed by atoms with Crippen LogP contribution < -0.4 is 10.1 Å². The van der Waals surface area contributed by atoms with Gasteiger partial charge in [0.05, 0.1) is 17.7 Å². The third kappa shape index (κ3) is 4.01. The number of anilines is 1. The van der Waals surface area contributed by atoms with Crippen LogP contribution in [-0.2, 0) is 14.8 Å². The standard InChI is InChI=1S/C23H22N4O4S2/c1-31-15-8-10-16(11-9-15)33(29,30)27-12-4-7-21(27)22(28)26-23-25-20(14-32-23)18-13-24-19-6-3-2-5-17(18)19/h2-3,5-6,8-11,13-14,21,24H,4,7,12H2,1H3,(H,25,26,28)/t21-/m0/s1. The molecular formula is C23H22N4O4S2. The van der Waals surface area contributed by atoms with Crippen LogP contribution in [0.3, 0.4) is 0 Å². The molecule has 2 N–H and O–H groups in total. The highest BCUT2D eigenvalue weighted by atomic mass is 32.2. The number of ether oxygens (including phenoxy) is 1. The number of aromatic nitrogens is 2. The first-order valence-electron chi connectivity index (χ1n) is 10.5. The van der Waals surface area contributed by atoms with Gasteiger partial charge in [0.15, 0.2) is 5.13 Å². The summed E-state index contributed by atoms with van der Waals surface area (Å²) in [5, 5.41) is 6.19. The molecule has 0 aliphatic carbocycles. The van der Waals surface area contributed by atoms with Crippen molar-refractivity contribution < 1.29 is 17.9 Å². The Balaban J connectivity index is 1.34. The third-order valence-electron chi connectivity index (χ3n) is 5.77. The summed E-state index contributed by atoms with van der Waals surface area (Å²) in [7, 11) is -2.29. The second kappa shape index (κ2) is 8.62. The summed E-state index contributed by atoms with van der Waals surface area (Å²) in [5.74, 6) is 0.198. The van der Waals surface area contributed by atoms with E-state index in [-0.39, 0.29) is 10.8 Å². The highest BCUT2D eigenvalue weighted by Gasteiger charge is 2.39. The Labute approximate surface area is 195 Å². The van der Waals surface area contributed by atoms with Crippen LogP contribution in [0.2, 0.25) is 0 Å². The molecule has 1 amide bonds. The first kappa shape index (κ1) is 21.6. The normalized spacial score (nSPS) is 16.8. The van der Waals surface area contributed by atoms with Crippen LogP contribution in [0.15, 0.2) is 65.0 Å². The molecule has 2 aromatic carbocycles. The number of methoxy groups -OCH3 is 1. The molecule has 8 nitrogen and oxygen atoms in total. The van der Waals surface area contributed by atoms with E-state index in [1.54, 1.807) is 12.1 Å². The van der Waals surface area contributed by atoms with Crippen molar-refractivity contribution in [2.45, 2.75) is 23.8 Å². The lowest BCUT2D eigenvalue weighted by atomic mass is 10.1. The fourth-order valence-electron chi connectivity index (χ4n) is 4.10.